The van der Waals surface area contributed by atoms with Gasteiger partial charge in [0.1, 0.15) is 11.8 Å². The van der Waals surface area contributed by atoms with Crippen LogP contribution in [0.5, 0.6) is 5.75 Å². The monoisotopic (exact) mass is 631 g/mol. The molecule has 5 atom stereocenters. The summed E-state index contributed by atoms with van der Waals surface area (Å²) in [4.78, 5) is 27.4. The van der Waals surface area contributed by atoms with E-state index in [1.807, 2.05) is 48.5 Å². The molecule has 1 aliphatic carbocycles. The van der Waals surface area contributed by atoms with E-state index in [0.29, 0.717) is 25.2 Å². The van der Waals surface area contributed by atoms with Crippen LogP contribution in [0.2, 0.25) is 0 Å². The highest BCUT2D eigenvalue weighted by Gasteiger charge is 2.34. The van der Waals surface area contributed by atoms with Crippen LogP contribution < -0.4 is 15.4 Å². The maximum absolute atomic E-state index is 13.6. The summed E-state index contributed by atoms with van der Waals surface area (Å²) in [5.74, 6) is -0.410. The van der Waals surface area contributed by atoms with Crippen LogP contribution in [-0.4, -0.2) is 73.5 Å². The van der Waals surface area contributed by atoms with Crippen LogP contribution in [-0.2, 0) is 20.7 Å². The van der Waals surface area contributed by atoms with E-state index < -0.39 is 42.6 Å². The molecule has 0 aromatic heterocycles. The minimum atomic E-state index is -4.36. The number of nitrogens with zero attached hydrogens (tertiary/aromatic N) is 1. The van der Waals surface area contributed by atoms with Crippen LogP contribution in [0.15, 0.2) is 73.8 Å². The van der Waals surface area contributed by atoms with Crippen molar-refractivity contribution in [2.24, 2.45) is 0 Å². The van der Waals surface area contributed by atoms with Crippen LogP contribution in [0.25, 0.3) is 0 Å². The van der Waals surface area contributed by atoms with E-state index in [4.69, 9.17) is 9.47 Å². The van der Waals surface area contributed by atoms with Gasteiger partial charge in [-0.1, -0.05) is 48.6 Å². The number of hydrogen-bond donors (Lipinski definition) is 3. The molecule has 0 heterocycles. The normalized spacial score (nSPS) is 17.9. The Kier molecular flexibility index (Phi) is 13.6. The van der Waals surface area contributed by atoms with Gasteiger partial charge in [0.2, 0.25) is 11.8 Å². The predicted molar refractivity (Wildman–Crippen MR) is 167 cm³/mol. The first kappa shape index (κ1) is 35.8. The molecule has 0 saturated heterocycles. The van der Waals surface area contributed by atoms with E-state index >= 15 is 0 Å². The number of aliphatic hydroxyl groups excluding tert-OH is 1. The van der Waals surface area contributed by atoms with Gasteiger partial charge in [-0.15, -0.1) is 13.2 Å². The Bertz CT molecular complexity index is 1270. The summed E-state index contributed by atoms with van der Waals surface area (Å²) in [6, 6.07) is 13.3. The number of benzene rings is 2. The SMILES string of the molecule is C=CCO[C@@H]1C[C@H](NC[C@@H](O)[C@H](Cc2ccccc2)NC(=O)[C@H](CC=C)N(C)C(=O)CCCC(F)(F)F)c2cc(OC)ccc21. The first-order valence-corrected chi connectivity index (χ1v) is 15.1. The summed E-state index contributed by atoms with van der Waals surface area (Å²) in [5.41, 5.74) is 2.90. The van der Waals surface area contributed by atoms with E-state index in [1.165, 1.54) is 13.1 Å². The summed E-state index contributed by atoms with van der Waals surface area (Å²) < 4.78 is 49.2. The van der Waals surface area contributed by atoms with Crippen LogP contribution in [0, 0.1) is 0 Å². The van der Waals surface area contributed by atoms with Crippen molar-refractivity contribution in [3.63, 3.8) is 0 Å². The smallest absolute Gasteiger partial charge is 0.389 e. The Morgan fingerprint density at radius 1 is 1.13 bits per heavy atom. The molecule has 1 aliphatic rings. The van der Waals surface area contributed by atoms with Gasteiger partial charge in [0, 0.05) is 32.5 Å². The number of carbonyl (C=O) groups is 2. The molecule has 0 unspecified atom stereocenters. The molecule has 45 heavy (non-hydrogen) atoms. The van der Waals surface area contributed by atoms with Crippen LogP contribution in [0.4, 0.5) is 13.2 Å². The zero-order valence-electron chi connectivity index (χ0n) is 25.9. The molecule has 2 aromatic rings. The number of carbonyl (C=O) groups excluding carboxylic acids is 2. The molecule has 2 amide bonds. The number of rotatable bonds is 18. The highest BCUT2D eigenvalue weighted by Crippen LogP contribution is 2.42. The summed E-state index contributed by atoms with van der Waals surface area (Å²) in [6.45, 7) is 7.93. The number of aliphatic hydroxyl groups is 1. The first-order valence-electron chi connectivity index (χ1n) is 15.1. The second-order valence-corrected chi connectivity index (χ2v) is 11.2. The Hall–Kier alpha value is -3.67. The number of nitrogens with one attached hydrogen (secondary N) is 2. The molecular formula is C34H44F3N3O5. The molecule has 2 aromatic carbocycles. The number of fused-ring (bicyclic) bond motifs is 1. The van der Waals surface area contributed by atoms with Crippen molar-refractivity contribution in [3.8, 4) is 5.75 Å². The topological polar surface area (TPSA) is 100 Å². The molecule has 0 spiro atoms. The average molecular weight is 632 g/mol. The number of ether oxygens (including phenoxy) is 2. The lowest BCUT2D eigenvalue weighted by Gasteiger charge is -2.31. The third kappa shape index (κ3) is 10.7. The third-order valence-corrected chi connectivity index (χ3v) is 7.95. The molecule has 0 aliphatic heterocycles. The Morgan fingerprint density at radius 3 is 2.51 bits per heavy atom. The van der Waals surface area contributed by atoms with Crippen molar-refractivity contribution in [1.82, 2.24) is 15.5 Å². The fourth-order valence-electron chi connectivity index (χ4n) is 5.50. The van der Waals surface area contributed by atoms with Gasteiger partial charge in [0.15, 0.2) is 0 Å². The molecule has 0 fully saturated rings. The number of likely N-dealkylation sites (N-methyl/N-ethyl adjacent to an activating group) is 1. The van der Waals surface area contributed by atoms with Crippen molar-refractivity contribution < 1.29 is 37.3 Å². The minimum Gasteiger partial charge on any atom is -0.497 e. The molecule has 11 heteroatoms. The molecule has 0 saturated carbocycles. The summed E-state index contributed by atoms with van der Waals surface area (Å²) in [7, 11) is 2.99. The lowest BCUT2D eigenvalue weighted by molar-refractivity contribution is -0.143. The Balaban J connectivity index is 1.74. The fraction of sp³-hybridized carbons (Fsp3) is 0.471. The van der Waals surface area contributed by atoms with Gasteiger partial charge >= 0.3 is 6.18 Å². The number of alkyl halides is 3. The Labute approximate surface area is 263 Å². The first-order chi connectivity index (χ1) is 21.5. The number of methoxy groups -OCH3 is 1. The van der Waals surface area contributed by atoms with Crippen LogP contribution >= 0.6 is 0 Å². The minimum absolute atomic E-state index is 0.0898. The standard InChI is InChI=1S/C34H44F3N3O5/c1-5-11-29(40(3)32(42)14-10-17-34(35,36)37)33(43)39-28(19-23-12-8-7-9-13-23)30(41)22-38-27-21-31(45-18-6-2)25-16-15-24(44-4)20-26(25)27/h5-9,12-13,15-16,20,27-31,38,41H,1-2,10-11,14,17-19,21-22H2,3-4H3,(H,39,43)/t27-,28-,29-,30+,31+/m0/s1. The lowest BCUT2D eigenvalue weighted by Crippen LogP contribution is -2.55. The van der Waals surface area contributed by atoms with E-state index in [1.54, 1.807) is 13.2 Å². The largest absolute Gasteiger partial charge is 0.497 e. The number of hydrogen-bond acceptors (Lipinski definition) is 6. The second-order valence-electron chi connectivity index (χ2n) is 11.2. The van der Waals surface area contributed by atoms with Crippen molar-refractivity contribution in [2.45, 2.75) is 75.0 Å². The third-order valence-electron chi connectivity index (χ3n) is 7.95. The van der Waals surface area contributed by atoms with Crippen LogP contribution in [0.3, 0.4) is 0 Å². The van der Waals surface area contributed by atoms with E-state index in [9.17, 15) is 27.9 Å². The quantitative estimate of drug-likeness (QED) is 0.196. The summed E-state index contributed by atoms with van der Waals surface area (Å²) >= 11 is 0. The van der Waals surface area contributed by atoms with Crippen molar-refractivity contribution in [2.75, 3.05) is 27.3 Å². The highest BCUT2D eigenvalue weighted by molar-refractivity contribution is 5.88. The molecular weight excluding hydrogens is 587 g/mol. The van der Waals surface area contributed by atoms with Gasteiger partial charge in [0.25, 0.3) is 0 Å². The predicted octanol–water partition coefficient (Wildman–Crippen LogP) is 5.20. The van der Waals surface area contributed by atoms with E-state index in [0.717, 1.165) is 21.6 Å². The molecule has 3 N–H and O–H groups in total. The number of amides is 2. The zero-order valence-corrected chi connectivity index (χ0v) is 25.9. The summed E-state index contributed by atoms with van der Waals surface area (Å²) in [5, 5.41) is 17.8. The molecule has 8 nitrogen and oxygen atoms in total. The average Bonchev–Trinajstić information content (AvgIpc) is 3.36. The second kappa shape index (κ2) is 17.1. The molecule has 0 radical (unpaired) electrons. The van der Waals surface area contributed by atoms with Gasteiger partial charge in [-0.2, -0.15) is 13.2 Å². The van der Waals surface area contributed by atoms with Gasteiger partial charge in [-0.05, 0) is 54.5 Å². The van der Waals surface area contributed by atoms with Gasteiger partial charge in [-0.25, -0.2) is 0 Å². The molecule has 246 valence electrons. The number of halogens is 3. The highest BCUT2D eigenvalue weighted by atomic mass is 19.4. The molecule has 0 bridgehead atoms. The lowest BCUT2D eigenvalue weighted by atomic mass is 9.99. The van der Waals surface area contributed by atoms with Crippen molar-refractivity contribution in [3.05, 3.63) is 90.5 Å². The summed E-state index contributed by atoms with van der Waals surface area (Å²) in [6.07, 6.45) is -3.17. The van der Waals surface area contributed by atoms with E-state index in [2.05, 4.69) is 23.8 Å². The van der Waals surface area contributed by atoms with Gasteiger partial charge in [0.05, 0.1) is 32.0 Å². The van der Waals surface area contributed by atoms with Crippen molar-refractivity contribution in [1.29, 1.82) is 0 Å². The Morgan fingerprint density at radius 2 is 1.87 bits per heavy atom. The van der Waals surface area contributed by atoms with Crippen LogP contribution in [0.1, 0.15) is 60.9 Å². The maximum Gasteiger partial charge on any atom is 0.389 e. The molecule has 3 rings (SSSR count). The maximum atomic E-state index is 13.6. The van der Waals surface area contributed by atoms with Gasteiger partial charge in [-0.3, -0.25) is 9.59 Å². The van der Waals surface area contributed by atoms with Gasteiger partial charge < -0.3 is 30.1 Å². The zero-order chi connectivity index (χ0) is 33.0. The van der Waals surface area contributed by atoms with E-state index in [-0.39, 0.29) is 38.0 Å². The fourth-order valence-corrected chi connectivity index (χ4v) is 5.50. The van der Waals surface area contributed by atoms with Crippen molar-refractivity contribution >= 4 is 11.8 Å².